The van der Waals surface area contributed by atoms with Crippen molar-refractivity contribution in [2.45, 2.75) is 10.1 Å². The quantitative estimate of drug-likeness (QED) is 0.326. The van der Waals surface area contributed by atoms with E-state index in [1.54, 1.807) is 49.7 Å². The molecule has 166 valence electrons. The van der Waals surface area contributed by atoms with E-state index < -0.39 is 10.0 Å². The number of hydrogen-bond acceptors (Lipinski definition) is 6. The minimum absolute atomic E-state index is 0.221. The van der Waals surface area contributed by atoms with Crippen molar-refractivity contribution in [3.05, 3.63) is 85.1 Å². The highest BCUT2D eigenvalue weighted by Gasteiger charge is 2.25. The SMILES string of the molecule is COc1ccc(-n2c(SC)nnc2-c2cn(S(=O)(=O)c3ccccc3)c3ccccc23)cc1. The lowest BCUT2D eigenvalue weighted by atomic mass is 10.1. The number of rotatable bonds is 6. The van der Waals surface area contributed by atoms with E-state index in [1.807, 2.05) is 53.3 Å². The summed E-state index contributed by atoms with van der Waals surface area (Å²) in [6.45, 7) is 0. The Morgan fingerprint density at radius 2 is 1.58 bits per heavy atom. The second-order valence-corrected chi connectivity index (χ2v) is 9.81. The van der Waals surface area contributed by atoms with Crippen molar-refractivity contribution < 1.29 is 13.2 Å². The predicted molar refractivity (Wildman–Crippen MR) is 130 cm³/mol. The van der Waals surface area contributed by atoms with Crippen molar-refractivity contribution in [1.29, 1.82) is 0 Å². The molecule has 0 aliphatic rings. The molecule has 0 saturated heterocycles. The Hall–Kier alpha value is -3.56. The first-order chi connectivity index (χ1) is 16.0. The summed E-state index contributed by atoms with van der Waals surface area (Å²) in [5.41, 5.74) is 2.10. The Morgan fingerprint density at radius 3 is 2.27 bits per heavy atom. The van der Waals surface area contributed by atoms with E-state index in [2.05, 4.69) is 10.2 Å². The van der Waals surface area contributed by atoms with E-state index >= 15 is 0 Å². The van der Waals surface area contributed by atoms with E-state index in [0.717, 1.165) is 16.8 Å². The average molecular weight is 477 g/mol. The molecule has 0 radical (unpaired) electrons. The lowest BCUT2D eigenvalue weighted by molar-refractivity contribution is 0.414. The first-order valence-electron chi connectivity index (χ1n) is 10.1. The third kappa shape index (κ3) is 3.59. The van der Waals surface area contributed by atoms with E-state index in [4.69, 9.17) is 4.74 Å². The van der Waals surface area contributed by atoms with Crippen LogP contribution in [0, 0.1) is 0 Å². The summed E-state index contributed by atoms with van der Waals surface area (Å²) in [6.07, 6.45) is 3.55. The fourth-order valence-electron chi connectivity index (χ4n) is 3.77. The third-order valence-electron chi connectivity index (χ3n) is 5.37. The van der Waals surface area contributed by atoms with Crippen molar-refractivity contribution in [3.8, 4) is 22.8 Å². The maximum Gasteiger partial charge on any atom is 0.268 e. The fraction of sp³-hybridized carbons (Fsp3) is 0.0833. The van der Waals surface area contributed by atoms with Crippen LogP contribution >= 0.6 is 11.8 Å². The fourth-order valence-corrected chi connectivity index (χ4v) is 5.66. The van der Waals surface area contributed by atoms with Crippen LogP contribution < -0.4 is 4.74 Å². The molecule has 0 bridgehead atoms. The molecule has 0 fully saturated rings. The van der Waals surface area contributed by atoms with Crippen LogP contribution in [0.15, 0.2) is 95.1 Å². The minimum Gasteiger partial charge on any atom is -0.497 e. The second-order valence-electron chi connectivity index (χ2n) is 7.22. The standard InChI is InChI=1S/C24H20N4O3S2/c1-31-18-14-12-17(13-15-18)28-23(25-26-24(28)32-2)21-16-27(22-11-7-6-10-20(21)22)33(29,30)19-8-4-3-5-9-19/h3-16H,1-2H3. The molecule has 0 aliphatic heterocycles. The van der Waals surface area contributed by atoms with Gasteiger partial charge in [-0.1, -0.05) is 48.2 Å². The van der Waals surface area contributed by atoms with Crippen LogP contribution in [0.25, 0.3) is 28.0 Å². The molecule has 0 atom stereocenters. The molecule has 9 heteroatoms. The molecular weight excluding hydrogens is 456 g/mol. The van der Waals surface area contributed by atoms with Crippen LogP contribution in [0.2, 0.25) is 0 Å². The van der Waals surface area contributed by atoms with Gasteiger partial charge in [-0.2, -0.15) is 0 Å². The molecule has 0 amide bonds. The van der Waals surface area contributed by atoms with E-state index in [-0.39, 0.29) is 4.90 Å². The normalized spacial score (nSPS) is 11.7. The van der Waals surface area contributed by atoms with Crippen molar-refractivity contribution in [2.75, 3.05) is 13.4 Å². The van der Waals surface area contributed by atoms with Crippen LogP contribution in [0.5, 0.6) is 5.75 Å². The van der Waals surface area contributed by atoms with Crippen LogP contribution in [0.4, 0.5) is 0 Å². The van der Waals surface area contributed by atoms with Crippen LogP contribution in [-0.2, 0) is 10.0 Å². The lowest BCUT2D eigenvalue weighted by Gasteiger charge is -2.10. The Kier molecular flexibility index (Phi) is 5.43. The van der Waals surface area contributed by atoms with Gasteiger partial charge in [0.05, 0.1) is 17.5 Å². The van der Waals surface area contributed by atoms with Gasteiger partial charge >= 0.3 is 0 Å². The zero-order chi connectivity index (χ0) is 23.0. The zero-order valence-electron chi connectivity index (χ0n) is 17.9. The Balaban J connectivity index is 1.75. The number of hydrogen-bond donors (Lipinski definition) is 0. The van der Waals surface area contributed by atoms with Gasteiger partial charge in [0.2, 0.25) is 0 Å². The van der Waals surface area contributed by atoms with Crippen LogP contribution in [0.1, 0.15) is 0 Å². The number of nitrogens with zero attached hydrogens (tertiary/aromatic N) is 4. The Morgan fingerprint density at radius 1 is 0.879 bits per heavy atom. The topological polar surface area (TPSA) is 79.0 Å². The molecule has 0 saturated carbocycles. The number of thioether (sulfide) groups is 1. The summed E-state index contributed by atoms with van der Waals surface area (Å²) in [5, 5.41) is 10.3. The number of ether oxygens (including phenoxy) is 1. The highest BCUT2D eigenvalue weighted by Crippen LogP contribution is 2.35. The van der Waals surface area contributed by atoms with Gasteiger partial charge in [0, 0.05) is 22.8 Å². The third-order valence-corrected chi connectivity index (χ3v) is 7.68. The smallest absolute Gasteiger partial charge is 0.268 e. The molecular formula is C24H20N4O3S2. The molecule has 2 heterocycles. The molecule has 3 aromatic carbocycles. The first-order valence-corrected chi connectivity index (χ1v) is 12.8. The summed E-state index contributed by atoms with van der Waals surface area (Å²) in [4.78, 5) is 0.221. The number of para-hydroxylation sites is 1. The van der Waals surface area contributed by atoms with Gasteiger partial charge < -0.3 is 4.74 Å². The zero-order valence-corrected chi connectivity index (χ0v) is 19.5. The summed E-state index contributed by atoms with van der Waals surface area (Å²) in [7, 11) is -2.18. The maximum absolute atomic E-state index is 13.5. The summed E-state index contributed by atoms with van der Waals surface area (Å²) in [6, 6.07) is 23.4. The molecule has 2 aromatic heterocycles. The van der Waals surface area contributed by atoms with Crippen molar-refractivity contribution in [3.63, 3.8) is 0 Å². The predicted octanol–water partition coefficient (Wildman–Crippen LogP) is 4.86. The van der Waals surface area contributed by atoms with Gasteiger partial charge in [0.1, 0.15) is 5.75 Å². The molecule has 0 N–H and O–H groups in total. The number of aromatic nitrogens is 4. The monoisotopic (exact) mass is 476 g/mol. The van der Waals surface area contributed by atoms with Gasteiger partial charge in [0.25, 0.3) is 10.0 Å². The molecule has 0 spiro atoms. The molecule has 0 aliphatic carbocycles. The van der Waals surface area contributed by atoms with Gasteiger partial charge in [-0.15, -0.1) is 10.2 Å². The van der Waals surface area contributed by atoms with Gasteiger partial charge in [-0.05, 0) is 48.7 Å². The number of benzene rings is 3. The lowest BCUT2D eigenvalue weighted by Crippen LogP contribution is -2.11. The van der Waals surface area contributed by atoms with Gasteiger partial charge in [0.15, 0.2) is 11.0 Å². The first kappa shape index (κ1) is 21.3. The summed E-state index contributed by atoms with van der Waals surface area (Å²) in [5.74, 6) is 1.30. The largest absolute Gasteiger partial charge is 0.497 e. The van der Waals surface area contributed by atoms with E-state index in [1.165, 1.54) is 15.7 Å². The molecule has 5 rings (SSSR count). The number of methoxy groups -OCH3 is 1. The van der Waals surface area contributed by atoms with Crippen LogP contribution in [0.3, 0.4) is 0 Å². The van der Waals surface area contributed by atoms with E-state index in [0.29, 0.717) is 22.1 Å². The number of fused-ring (bicyclic) bond motifs is 1. The second kappa shape index (κ2) is 8.42. The maximum atomic E-state index is 13.5. The Bertz CT molecular complexity index is 1540. The van der Waals surface area contributed by atoms with Crippen LogP contribution in [-0.4, -0.2) is 40.5 Å². The highest BCUT2D eigenvalue weighted by molar-refractivity contribution is 7.98. The van der Waals surface area contributed by atoms with E-state index in [9.17, 15) is 8.42 Å². The van der Waals surface area contributed by atoms with Crippen molar-refractivity contribution in [2.24, 2.45) is 0 Å². The van der Waals surface area contributed by atoms with Crippen molar-refractivity contribution >= 4 is 32.7 Å². The minimum atomic E-state index is -3.80. The molecule has 33 heavy (non-hydrogen) atoms. The van der Waals surface area contributed by atoms with Gasteiger partial charge in [-0.3, -0.25) is 4.57 Å². The summed E-state index contributed by atoms with van der Waals surface area (Å²) < 4.78 is 35.5. The average Bonchev–Trinajstić information content (AvgIpc) is 3.46. The molecule has 0 unspecified atom stereocenters. The Labute approximate surface area is 195 Å². The highest BCUT2D eigenvalue weighted by atomic mass is 32.2. The van der Waals surface area contributed by atoms with Gasteiger partial charge in [-0.25, -0.2) is 12.4 Å². The molecule has 7 nitrogen and oxygen atoms in total. The molecule has 5 aromatic rings. The summed E-state index contributed by atoms with van der Waals surface area (Å²) >= 11 is 1.46. The van der Waals surface area contributed by atoms with Crippen molar-refractivity contribution in [1.82, 2.24) is 18.7 Å².